The third kappa shape index (κ3) is 2.88. The zero-order valence-electron chi connectivity index (χ0n) is 13.5. The second kappa shape index (κ2) is 7.30. The summed E-state index contributed by atoms with van der Waals surface area (Å²) in [7, 11) is 1.36. The van der Waals surface area contributed by atoms with Gasteiger partial charge in [0, 0.05) is 23.3 Å². The number of carbonyl (C=O) groups excluding carboxylic acids is 1. The van der Waals surface area contributed by atoms with E-state index in [0.717, 1.165) is 27.4 Å². The molecule has 0 aliphatic carbocycles. The second-order valence-electron chi connectivity index (χ2n) is 5.10. The number of halogens is 1. The molecule has 5 nitrogen and oxygen atoms in total. The van der Waals surface area contributed by atoms with Crippen LogP contribution in [0, 0.1) is 12.3 Å². The summed E-state index contributed by atoms with van der Waals surface area (Å²) in [6.45, 7) is 0. The van der Waals surface area contributed by atoms with Crippen molar-refractivity contribution >= 4 is 46.0 Å². The molecule has 4 aromatic rings. The van der Waals surface area contributed by atoms with Crippen molar-refractivity contribution in [1.29, 1.82) is 0 Å². The predicted octanol–water partition coefficient (Wildman–Crippen LogP) is 4.38. The van der Waals surface area contributed by atoms with E-state index in [0.29, 0.717) is 9.84 Å². The van der Waals surface area contributed by atoms with Crippen LogP contribution in [0.25, 0.3) is 26.8 Å². The number of ether oxygens (including phenoxy) is 1. The third-order valence-electron chi connectivity index (χ3n) is 3.71. The lowest BCUT2D eigenvalue weighted by atomic mass is 10.1. The zero-order valence-corrected chi connectivity index (χ0v) is 16.0. The summed E-state index contributed by atoms with van der Waals surface area (Å²) >= 11 is 2.82. The topological polar surface area (TPSA) is 56.5 Å². The molecule has 4 aromatic heterocycles. The fraction of sp³-hybridized carbons (Fsp3) is 0.0556. The lowest BCUT2D eigenvalue weighted by molar-refractivity contribution is 0.0606. The third-order valence-corrected chi connectivity index (χ3v) is 5.69. The van der Waals surface area contributed by atoms with E-state index < -0.39 is 0 Å². The molecule has 0 saturated heterocycles. The first-order valence-electron chi connectivity index (χ1n) is 7.28. The fourth-order valence-electron chi connectivity index (χ4n) is 2.55. The van der Waals surface area contributed by atoms with Crippen LogP contribution < -0.4 is 0 Å². The predicted molar refractivity (Wildman–Crippen MR) is 106 cm³/mol. The summed E-state index contributed by atoms with van der Waals surface area (Å²) in [5.74, 6) is 2.40. The molecule has 0 saturated carbocycles. The molecule has 0 radical (unpaired) electrons. The number of rotatable bonds is 3. The number of thiophene rings is 1. The maximum atomic E-state index is 11.8. The molecular weight excluding hydrogens is 390 g/mol. The van der Waals surface area contributed by atoms with E-state index >= 15 is 0 Å². The summed E-state index contributed by atoms with van der Waals surface area (Å²) in [5.41, 5.74) is 3.37. The van der Waals surface area contributed by atoms with Crippen molar-refractivity contribution in [2.75, 3.05) is 7.11 Å². The van der Waals surface area contributed by atoms with Gasteiger partial charge in [0.2, 0.25) is 0 Å². The molecule has 0 amide bonds. The van der Waals surface area contributed by atoms with Crippen molar-refractivity contribution in [3.8, 4) is 34.2 Å². The molecule has 0 atom stereocenters. The number of nitrogens with zero attached hydrogens (tertiary/aromatic N) is 3. The van der Waals surface area contributed by atoms with Gasteiger partial charge >= 0.3 is 5.97 Å². The van der Waals surface area contributed by atoms with Crippen LogP contribution in [-0.4, -0.2) is 27.4 Å². The Labute approximate surface area is 163 Å². The monoisotopic (exact) mass is 401 g/mol. The smallest absolute Gasteiger partial charge is 0.349 e. The number of hydrogen-bond acceptors (Lipinski definition) is 6. The summed E-state index contributed by atoms with van der Waals surface area (Å²) in [5, 5.41) is 2.00. The number of aromatic nitrogens is 3. The average molecular weight is 402 g/mol. The SMILES string of the molecule is C#Cc1c(-c2ccccn2)csc1-c1cnc2sc(C(=O)OC)cn12.Cl. The molecule has 0 aliphatic rings. The van der Waals surface area contributed by atoms with Gasteiger partial charge in [0.1, 0.15) is 4.88 Å². The molecule has 0 aromatic carbocycles. The number of imidazole rings is 1. The van der Waals surface area contributed by atoms with E-state index in [4.69, 9.17) is 11.2 Å². The van der Waals surface area contributed by atoms with Gasteiger partial charge in [0.15, 0.2) is 4.96 Å². The Morgan fingerprint density at radius 3 is 2.88 bits per heavy atom. The van der Waals surface area contributed by atoms with Gasteiger partial charge in [-0.3, -0.25) is 9.38 Å². The van der Waals surface area contributed by atoms with Crippen molar-refractivity contribution in [1.82, 2.24) is 14.4 Å². The first-order valence-corrected chi connectivity index (χ1v) is 8.97. The number of pyridine rings is 1. The van der Waals surface area contributed by atoms with Gasteiger partial charge < -0.3 is 4.74 Å². The van der Waals surface area contributed by atoms with E-state index in [9.17, 15) is 4.79 Å². The van der Waals surface area contributed by atoms with Gasteiger partial charge in [-0.1, -0.05) is 23.3 Å². The van der Waals surface area contributed by atoms with E-state index in [2.05, 4.69) is 15.9 Å². The summed E-state index contributed by atoms with van der Waals surface area (Å²) < 4.78 is 6.65. The Morgan fingerprint density at radius 1 is 1.35 bits per heavy atom. The maximum Gasteiger partial charge on any atom is 0.349 e. The van der Waals surface area contributed by atoms with Crippen LogP contribution in [0.15, 0.2) is 42.2 Å². The number of terminal acetylenes is 1. The van der Waals surface area contributed by atoms with Gasteiger partial charge in [0.05, 0.1) is 35.1 Å². The van der Waals surface area contributed by atoms with Crippen molar-refractivity contribution in [3.05, 3.63) is 52.6 Å². The molecule has 0 N–H and O–H groups in total. The lowest BCUT2D eigenvalue weighted by Gasteiger charge is -2.01. The molecule has 0 spiro atoms. The molecule has 4 rings (SSSR count). The first-order chi connectivity index (χ1) is 12.2. The van der Waals surface area contributed by atoms with E-state index in [1.807, 2.05) is 28.0 Å². The molecule has 8 heteroatoms. The molecule has 4 heterocycles. The molecule has 0 fully saturated rings. The van der Waals surface area contributed by atoms with E-state index in [1.54, 1.807) is 18.6 Å². The van der Waals surface area contributed by atoms with E-state index in [1.165, 1.54) is 29.8 Å². The Hall–Kier alpha value is -2.66. The van der Waals surface area contributed by atoms with Crippen molar-refractivity contribution in [2.24, 2.45) is 0 Å². The Kier molecular flexibility index (Phi) is 5.09. The largest absolute Gasteiger partial charge is 0.465 e. The minimum atomic E-state index is -0.376. The van der Waals surface area contributed by atoms with Crippen LogP contribution in [0.2, 0.25) is 0 Å². The van der Waals surface area contributed by atoms with Crippen molar-refractivity contribution < 1.29 is 9.53 Å². The van der Waals surface area contributed by atoms with Crippen LogP contribution >= 0.6 is 35.1 Å². The molecule has 0 bridgehead atoms. The summed E-state index contributed by atoms with van der Waals surface area (Å²) in [6, 6.07) is 5.73. The average Bonchev–Trinajstić information content (AvgIpc) is 3.34. The highest BCUT2D eigenvalue weighted by Crippen LogP contribution is 2.38. The highest BCUT2D eigenvalue weighted by Gasteiger charge is 2.19. The van der Waals surface area contributed by atoms with Gasteiger partial charge in [0.25, 0.3) is 0 Å². The Morgan fingerprint density at radius 2 is 2.19 bits per heavy atom. The van der Waals surface area contributed by atoms with Crippen LogP contribution in [0.4, 0.5) is 0 Å². The Bertz CT molecular complexity index is 1120. The number of hydrogen-bond donors (Lipinski definition) is 0. The minimum absolute atomic E-state index is 0. The molecule has 0 aliphatic heterocycles. The van der Waals surface area contributed by atoms with Crippen LogP contribution in [0.1, 0.15) is 15.2 Å². The summed E-state index contributed by atoms with van der Waals surface area (Å²) in [6.07, 6.45) is 11.0. The molecule has 26 heavy (non-hydrogen) atoms. The van der Waals surface area contributed by atoms with E-state index in [-0.39, 0.29) is 18.4 Å². The minimum Gasteiger partial charge on any atom is -0.465 e. The fourth-order valence-corrected chi connectivity index (χ4v) is 4.46. The number of methoxy groups -OCH3 is 1. The van der Waals surface area contributed by atoms with Crippen LogP contribution in [0.5, 0.6) is 0 Å². The van der Waals surface area contributed by atoms with Gasteiger partial charge in [-0.05, 0) is 12.1 Å². The van der Waals surface area contributed by atoms with Crippen molar-refractivity contribution in [3.63, 3.8) is 0 Å². The standard InChI is InChI=1S/C18H11N3O2S2.ClH/c1-3-11-12(13-6-4-5-7-19-13)10-24-16(11)14-8-20-18-21(14)9-15(25-18)17(22)23-2;/h1,4-10H,2H3;1H. The normalized spacial score (nSPS) is 10.3. The van der Waals surface area contributed by atoms with Gasteiger partial charge in [-0.2, -0.15) is 0 Å². The highest BCUT2D eigenvalue weighted by molar-refractivity contribution is 7.19. The number of esters is 1. The maximum absolute atomic E-state index is 11.8. The highest BCUT2D eigenvalue weighted by atomic mass is 35.5. The van der Waals surface area contributed by atoms with Gasteiger partial charge in [-0.25, -0.2) is 9.78 Å². The molecular formula is C18H12ClN3O2S2. The van der Waals surface area contributed by atoms with Gasteiger partial charge in [-0.15, -0.1) is 30.2 Å². The number of fused-ring (bicyclic) bond motifs is 1. The first kappa shape index (κ1) is 18.1. The zero-order chi connectivity index (χ0) is 17.4. The number of thiazole rings is 1. The second-order valence-corrected chi connectivity index (χ2v) is 6.98. The molecule has 130 valence electrons. The van der Waals surface area contributed by atoms with Crippen molar-refractivity contribution in [2.45, 2.75) is 0 Å². The number of carbonyl (C=O) groups is 1. The lowest BCUT2D eigenvalue weighted by Crippen LogP contribution is -1.97. The Balaban J connectivity index is 0.00000196. The van der Waals surface area contributed by atoms with Crippen LogP contribution in [0.3, 0.4) is 0 Å². The van der Waals surface area contributed by atoms with Crippen LogP contribution in [-0.2, 0) is 4.74 Å². The summed E-state index contributed by atoms with van der Waals surface area (Å²) in [4.78, 5) is 22.6. The quantitative estimate of drug-likeness (QED) is 0.377. The molecule has 0 unspecified atom stereocenters.